The van der Waals surface area contributed by atoms with E-state index in [9.17, 15) is 4.39 Å². The smallest absolute Gasteiger partial charge is 0.226 e. The monoisotopic (exact) mass is 470 g/mol. The van der Waals surface area contributed by atoms with Crippen molar-refractivity contribution in [1.29, 1.82) is 0 Å². The molecule has 0 spiro atoms. The molecular formula is C25H23FN8O. The van der Waals surface area contributed by atoms with Gasteiger partial charge in [-0.25, -0.2) is 29.3 Å². The van der Waals surface area contributed by atoms with Crippen LogP contribution in [0.1, 0.15) is 18.4 Å². The maximum absolute atomic E-state index is 14.5. The Bertz CT molecular complexity index is 1560. The molecule has 0 radical (unpaired) electrons. The number of aryl methyl sites for hydroxylation is 2. The van der Waals surface area contributed by atoms with Crippen molar-refractivity contribution in [3.05, 3.63) is 60.6 Å². The molecular weight excluding hydrogens is 447 g/mol. The first kappa shape index (κ1) is 21.2. The maximum atomic E-state index is 14.5. The normalized spacial score (nSPS) is 13.6. The summed E-state index contributed by atoms with van der Waals surface area (Å²) in [4.78, 5) is 24.4. The predicted molar refractivity (Wildman–Crippen MR) is 132 cm³/mol. The van der Waals surface area contributed by atoms with E-state index in [-0.39, 0.29) is 5.82 Å². The third kappa shape index (κ3) is 3.96. The molecule has 5 aromatic rings. The first-order valence-electron chi connectivity index (χ1n) is 11.4. The molecule has 0 atom stereocenters. The average molecular weight is 471 g/mol. The molecule has 1 fully saturated rings. The van der Waals surface area contributed by atoms with E-state index in [4.69, 9.17) is 9.72 Å². The number of hydrogen-bond donors (Lipinski definition) is 1. The van der Waals surface area contributed by atoms with Crippen LogP contribution < -0.4 is 15.0 Å². The Morgan fingerprint density at radius 1 is 1.00 bits per heavy atom. The number of rotatable bonds is 5. The molecule has 2 aromatic carbocycles. The number of imidazole rings is 1. The second-order valence-electron chi connectivity index (χ2n) is 8.66. The van der Waals surface area contributed by atoms with E-state index < -0.39 is 0 Å². The summed E-state index contributed by atoms with van der Waals surface area (Å²) in [7, 11) is 1.76. The summed E-state index contributed by atoms with van der Waals surface area (Å²) in [6.07, 6.45) is 7.11. The third-order valence-electron chi connectivity index (χ3n) is 6.16. The van der Waals surface area contributed by atoms with Gasteiger partial charge in [0.15, 0.2) is 11.6 Å². The number of ether oxygens (including phenoxy) is 1. The fourth-order valence-electron chi connectivity index (χ4n) is 4.38. The highest BCUT2D eigenvalue weighted by molar-refractivity contribution is 5.87. The van der Waals surface area contributed by atoms with Gasteiger partial charge in [-0.15, -0.1) is 0 Å². The van der Waals surface area contributed by atoms with Crippen molar-refractivity contribution in [2.24, 2.45) is 7.05 Å². The average Bonchev–Trinajstić information content (AvgIpc) is 3.51. The van der Waals surface area contributed by atoms with E-state index in [1.807, 2.05) is 25.1 Å². The highest BCUT2D eigenvalue weighted by Crippen LogP contribution is 2.32. The molecule has 1 aliphatic rings. The zero-order valence-electron chi connectivity index (χ0n) is 19.4. The van der Waals surface area contributed by atoms with Crippen LogP contribution in [0.4, 0.5) is 21.8 Å². The number of halogens is 1. The molecule has 3 aromatic heterocycles. The minimum absolute atomic E-state index is 0.376. The van der Waals surface area contributed by atoms with E-state index in [0.29, 0.717) is 45.3 Å². The van der Waals surface area contributed by atoms with E-state index in [2.05, 4.69) is 30.2 Å². The lowest BCUT2D eigenvalue weighted by Gasteiger charge is -2.16. The Morgan fingerprint density at radius 2 is 1.86 bits per heavy atom. The van der Waals surface area contributed by atoms with Crippen molar-refractivity contribution in [3.63, 3.8) is 0 Å². The number of fused-ring (bicyclic) bond motifs is 2. The number of benzene rings is 2. The van der Waals surface area contributed by atoms with Gasteiger partial charge in [0.1, 0.15) is 34.4 Å². The number of nitrogens with zero attached hydrogens (tertiary/aromatic N) is 7. The molecule has 176 valence electrons. The molecule has 0 bridgehead atoms. The van der Waals surface area contributed by atoms with Crippen molar-refractivity contribution in [2.45, 2.75) is 19.8 Å². The highest BCUT2D eigenvalue weighted by Gasteiger charge is 2.17. The second kappa shape index (κ2) is 8.46. The first-order chi connectivity index (χ1) is 17.0. The molecule has 4 heterocycles. The largest absolute Gasteiger partial charge is 0.457 e. The quantitative estimate of drug-likeness (QED) is 0.388. The topological polar surface area (TPSA) is 93.9 Å². The first-order valence-corrected chi connectivity index (χ1v) is 11.4. The van der Waals surface area contributed by atoms with Crippen molar-refractivity contribution >= 4 is 39.5 Å². The van der Waals surface area contributed by atoms with Gasteiger partial charge < -0.3 is 19.5 Å². The number of anilines is 3. The van der Waals surface area contributed by atoms with Gasteiger partial charge >= 0.3 is 0 Å². The lowest BCUT2D eigenvalue weighted by molar-refractivity contribution is 0.474. The molecule has 1 aliphatic heterocycles. The van der Waals surface area contributed by atoms with E-state index in [1.165, 1.54) is 12.4 Å². The lowest BCUT2D eigenvalue weighted by atomic mass is 10.2. The van der Waals surface area contributed by atoms with Crippen LogP contribution in [0.15, 0.2) is 49.2 Å². The Balaban J connectivity index is 1.27. The summed E-state index contributed by atoms with van der Waals surface area (Å²) in [5, 5.41) is 3.34. The molecule has 1 N–H and O–H groups in total. The number of aromatic nitrogens is 6. The SMILES string of the molecule is Cc1cc(Nc2ncnc3cnc(N4CCCC4)nc23)ccc1Oc1cc(F)c2c(c1)ncn2C. The van der Waals surface area contributed by atoms with Crippen LogP contribution in [0.25, 0.3) is 22.1 Å². The van der Waals surface area contributed by atoms with Gasteiger partial charge in [0.25, 0.3) is 0 Å². The molecule has 0 saturated carbocycles. The van der Waals surface area contributed by atoms with Crippen LogP contribution in [-0.2, 0) is 7.05 Å². The van der Waals surface area contributed by atoms with Crippen molar-refractivity contribution in [2.75, 3.05) is 23.3 Å². The molecule has 35 heavy (non-hydrogen) atoms. The van der Waals surface area contributed by atoms with Crippen LogP contribution >= 0.6 is 0 Å². The minimum Gasteiger partial charge on any atom is -0.457 e. The predicted octanol–water partition coefficient (Wildman–Crippen LogP) is 4.89. The van der Waals surface area contributed by atoms with Crippen LogP contribution in [0.2, 0.25) is 0 Å². The molecule has 10 heteroatoms. The van der Waals surface area contributed by atoms with Gasteiger partial charge in [-0.3, -0.25) is 0 Å². The fraction of sp³-hybridized carbons (Fsp3) is 0.240. The van der Waals surface area contributed by atoms with E-state index in [1.54, 1.807) is 30.2 Å². The Hall–Kier alpha value is -4.34. The van der Waals surface area contributed by atoms with E-state index >= 15 is 0 Å². The van der Waals surface area contributed by atoms with Gasteiger partial charge in [0, 0.05) is 38.0 Å². The summed E-state index contributed by atoms with van der Waals surface area (Å²) >= 11 is 0. The number of hydrogen-bond acceptors (Lipinski definition) is 8. The van der Waals surface area contributed by atoms with Gasteiger partial charge in [0.2, 0.25) is 5.95 Å². The van der Waals surface area contributed by atoms with Gasteiger partial charge in [0.05, 0.1) is 18.0 Å². The Kier molecular flexibility index (Phi) is 5.13. The Morgan fingerprint density at radius 3 is 2.69 bits per heavy atom. The highest BCUT2D eigenvalue weighted by atomic mass is 19.1. The van der Waals surface area contributed by atoms with Crippen LogP contribution in [0.5, 0.6) is 11.5 Å². The molecule has 0 unspecified atom stereocenters. The molecule has 6 rings (SSSR count). The van der Waals surface area contributed by atoms with Gasteiger partial charge in [-0.2, -0.15) is 0 Å². The summed E-state index contributed by atoms with van der Waals surface area (Å²) in [6.45, 7) is 3.85. The van der Waals surface area contributed by atoms with Gasteiger partial charge in [-0.05, 0) is 43.5 Å². The second-order valence-corrected chi connectivity index (χ2v) is 8.66. The zero-order chi connectivity index (χ0) is 23.9. The van der Waals surface area contributed by atoms with Crippen molar-refractivity contribution < 1.29 is 9.13 Å². The van der Waals surface area contributed by atoms with E-state index in [0.717, 1.165) is 37.2 Å². The zero-order valence-corrected chi connectivity index (χ0v) is 19.4. The van der Waals surface area contributed by atoms with Crippen molar-refractivity contribution in [1.82, 2.24) is 29.5 Å². The maximum Gasteiger partial charge on any atom is 0.226 e. The molecule has 0 amide bonds. The van der Waals surface area contributed by atoms with Crippen LogP contribution in [0.3, 0.4) is 0 Å². The standard InChI is InChI=1S/C25H23FN8O/c1-15-9-16(5-6-21(15)35-17-10-18(26)23-19(11-17)30-14-33(23)2)31-24-22-20(28-13-29-24)12-27-25(32-22)34-7-3-4-8-34/h5-6,9-14H,3-4,7-8H2,1-2H3,(H,28,29,31). The molecule has 9 nitrogen and oxygen atoms in total. The summed E-state index contributed by atoms with van der Waals surface area (Å²) in [6, 6.07) is 8.78. The lowest BCUT2D eigenvalue weighted by Crippen LogP contribution is -2.20. The van der Waals surface area contributed by atoms with Crippen LogP contribution in [0, 0.1) is 12.7 Å². The fourth-order valence-corrected chi connectivity index (χ4v) is 4.38. The summed E-state index contributed by atoms with van der Waals surface area (Å²) in [5.74, 6) is 1.94. The summed E-state index contributed by atoms with van der Waals surface area (Å²) in [5.41, 5.74) is 4.03. The van der Waals surface area contributed by atoms with Gasteiger partial charge in [-0.1, -0.05) is 0 Å². The van der Waals surface area contributed by atoms with Crippen LogP contribution in [-0.4, -0.2) is 42.6 Å². The Labute approximate surface area is 200 Å². The number of nitrogens with one attached hydrogen (secondary N) is 1. The minimum atomic E-state index is -0.376. The summed E-state index contributed by atoms with van der Waals surface area (Å²) < 4.78 is 22.2. The molecule has 0 aliphatic carbocycles. The third-order valence-corrected chi connectivity index (χ3v) is 6.16. The molecule has 1 saturated heterocycles. The van der Waals surface area contributed by atoms with Crippen molar-refractivity contribution in [3.8, 4) is 11.5 Å².